The van der Waals surface area contributed by atoms with Gasteiger partial charge in [0, 0.05) is 16.3 Å². The molecule has 0 aliphatic carbocycles. The highest BCUT2D eigenvalue weighted by Gasteiger charge is 2.31. The molecule has 2 atom stereocenters. The molecule has 1 unspecified atom stereocenters. The molecule has 0 aliphatic rings. The van der Waals surface area contributed by atoms with Crippen LogP contribution in [0.1, 0.15) is 32.4 Å². The van der Waals surface area contributed by atoms with Gasteiger partial charge in [-0.2, -0.15) is 11.3 Å². The molecule has 96 valence electrons. The lowest BCUT2D eigenvalue weighted by Gasteiger charge is -2.26. The summed E-state index contributed by atoms with van der Waals surface area (Å²) in [4.78, 5) is 10.2. The summed E-state index contributed by atoms with van der Waals surface area (Å²) in [6.45, 7) is 5.21. The van der Waals surface area contributed by atoms with E-state index in [9.17, 15) is 14.7 Å². The van der Waals surface area contributed by atoms with Gasteiger partial charge in [-0.05, 0) is 43.2 Å². The quantitative estimate of drug-likeness (QED) is 0.507. The second kappa shape index (κ2) is 5.81. The number of nitrogens with zero attached hydrogens (tertiary/aromatic N) is 1. The Morgan fingerprint density at radius 2 is 2.24 bits per heavy atom. The Morgan fingerprint density at radius 3 is 2.65 bits per heavy atom. The van der Waals surface area contributed by atoms with Crippen molar-refractivity contribution in [2.75, 3.05) is 6.54 Å². The predicted octanol–water partition coefficient (Wildman–Crippen LogP) is 2.12. The molecule has 0 saturated heterocycles. The molecule has 1 heterocycles. The van der Waals surface area contributed by atoms with Crippen molar-refractivity contribution >= 4 is 22.7 Å². The van der Waals surface area contributed by atoms with Crippen LogP contribution in [0.2, 0.25) is 0 Å². The van der Waals surface area contributed by atoms with Crippen LogP contribution >= 0.6 is 11.3 Å². The molecule has 0 fully saturated rings. The largest absolute Gasteiger partial charge is 0.598 e. The van der Waals surface area contributed by atoms with Gasteiger partial charge in [0.05, 0.1) is 0 Å². The lowest BCUT2D eigenvalue weighted by Crippen LogP contribution is -2.43. The van der Waals surface area contributed by atoms with E-state index in [2.05, 4.69) is 4.72 Å². The third-order valence-corrected chi connectivity index (χ3v) is 4.40. The van der Waals surface area contributed by atoms with Gasteiger partial charge in [0.25, 0.3) is 0 Å². The van der Waals surface area contributed by atoms with E-state index in [0.29, 0.717) is 0 Å². The fourth-order valence-electron chi connectivity index (χ4n) is 1.14. The zero-order valence-electron chi connectivity index (χ0n) is 10.0. The molecule has 5 nitrogen and oxygen atoms in total. The second-order valence-corrected chi connectivity index (χ2v) is 7.40. The summed E-state index contributed by atoms with van der Waals surface area (Å²) in [5.74, 6) is 0. The van der Waals surface area contributed by atoms with Crippen molar-refractivity contribution in [3.8, 4) is 0 Å². The van der Waals surface area contributed by atoms with Crippen molar-refractivity contribution in [3.05, 3.63) is 32.5 Å². The predicted molar refractivity (Wildman–Crippen MR) is 70.0 cm³/mol. The minimum absolute atomic E-state index is 0.265. The van der Waals surface area contributed by atoms with Gasteiger partial charge in [0.1, 0.15) is 10.8 Å². The Morgan fingerprint density at radius 1 is 1.59 bits per heavy atom. The molecule has 0 saturated carbocycles. The Bertz CT molecular complexity index is 362. The Hall–Kier alpha value is -0.630. The number of nitrogens with one attached hydrogen (secondary N) is 1. The maximum atomic E-state index is 11.9. The summed E-state index contributed by atoms with van der Waals surface area (Å²) in [5.41, 5.74) is 0.810. The van der Waals surface area contributed by atoms with Crippen LogP contribution in [0.3, 0.4) is 0 Å². The maximum absolute atomic E-state index is 11.9. The first-order valence-corrected chi connectivity index (χ1v) is 7.22. The summed E-state index contributed by atoms with van der Waals surface area (Å²) < 4.78 is 14.3. The number of thiophene rings is 1. The molecule has 7 heteroatoms. The molecule has 0 aromatic carbocycles. The van der Waals surface area contributed by atoms with E-state index in [1.54, 1.807) is 0 Å². The van der Waals surface area contributed by atoms with Crippen LogP contribution in [0, 0.1) is 10.1 Å². The lowest BCUT2D eigenvalue weighted by atomic mass is 10.2. The molecule has 0 amide bonds. The first-order valence-electron chi connectivity index (χ1n) is 5.12. The summed E-state index contributed by atoms with van der Waals surface area (Å²) >= 11 is 0.150. The molecule has 17 heavy (non-hydrogen) atoms. The van der Waals surface area contributed by atoms with Gasteiger partial charge in [-0.25, -0.2) is 0 Å². The minimum atomic E-state index is -1.32. The SMILES string of the molecule is CC(C)(C)[S+]([O-])N[C@H](C[N+](=O)[O-])c1ccsc1. The first kappa shape index (κ1) is 14.4. The Balaban J connectivity index is 2.75. The van der Waals surface area contributed by atoms with E-state index in [1.165, 1.54) is 11.3 Å². The number of rotatable bonds is 5. The van der Waals surface area contributed by atoms with Crippen LogP contribution in [0.15, 0.2) is 16.8 Å². The molecular weight excluding hydrogens is 260 g/mol. The molecule has 0 radical (unpaired) electrons. The first-order chi connectivity index (χ1) is 7.80. The van der Waals surface area contributed by atoms with Gasteiger partial charge in [0.15, 0.2) is 0 Å². The molecule has 0 bridgehead atoms. The number of hydrogen-bond acceptors (Lipinski definition) is 5. The average Bonchev–Trinajstić information content (AvgIpc) is 2.66. The van der Waals surface area contributed by atoms with Crippen LogP contribution in [0.5, 0.6) is 0 Å². The second-order valence-electron chi connectivity index (χ2n) is 4.62. The van der Waals surface area contributed by atoms with Crippen LogP contribution in [0.25, 0.3) is 0 Å². The molecule has 1 aromatic rings. The third-order valence-electron chi connectivity index (χ3n) is 2.08. The van der Waals surface area contributed by atoms with Gasteiger partial charge < -0.3 is 4.55 Å². The summed E-state index contributed by atoms with van der Waals surface area (Å²) in [6.07, 6.45) is 0. The van der Waals surface area contributed by atoms with Gasteiger partial charge in [-0.3, -0.25) is 10.1 Å². The lowest BCUT2D eigenvalue weighted by molar-refractivity contribution is -0.483. The van der Waals surface area contributed by atoms with Crippen LogP contribution in [-0.2, 0) is 11.4 Å². The Kier molecular flexibility index (Phi) is 4.93. The van der Waals surface area contributed by atoms with Gasteiger partial charge >= 0.3 is 0 Å². The minimum Gasteiger partial charge on any atom is -0.598 e. The highest BCUT2D eigenvalue weighted by atomic mass is 32.2. The van der Waals surface area contributed by atoms with Crippen LogP contribution < -0.4 is 4.72 Å². The smallest absolute Gasteiger partial charge is 0.227 e. The maximum Gasteiger partial charge on any atom is 0.227 e. The topological polar surface area (TPSA) is 78.2 Å². The van der Waals surface area contributed by atoms with Gasteiger partial charge in [0.2, 0.25) is 6.54 Å². The van der Waals surface area contributed by atoms with E-state index in [-0.39, 0.29) is 6.54 Å². The molecule has 0 aliphatic heterocycles. The standard InChI is InChI=1S/C10H16N2O3S2/c1-10(2,3)17(15)11-9(6-12(13)14)8-4-5-16-7-8/h4-5,7,9,11H,6H2,1-3H3/t9-,17?/m1/s1. The summed E-state index contributed by atoms with van der Waals surface area (Å²) in [6, 6.07) is 1.31. The molecular formula is C10H16N2O3S2. The van der Waals surface area contributed by atoms with E-state index in [4.69, 9.17) is 0 Å². The molecule has 1 N–H and O–H groups in total. The average molecular weight is 276 g/mol. The van der Waals surface area contributed by atoms with Gasteiger partial charge in [-0.1, -0.05) is 0 Å². The number of hydrogen-bond donors (Lipinski definition) is 1. The van der Waals surface area contributed by atoms with Crippen molar-refractivity contribution in [2.24, 2.45) is 0 Å². The third kappa shape index (κ3) is 4.63. The molecule has 1 aromatic heterocycles. The van der Waals surface area contributed by atoms with Crippen molar-refractivity contribution < 1.29 is 9.48 Å². The summed E-state index contributed by atoms with van der Waals surface area (Å²) in [7, 11) is 0. The van der Waals surface area contributed by atoms with Crippen LogP contribution in [-0.4, -0.2) is 20.8 Å². The van der Waals surface area contributed by atoms with E-state index in [1.807, 2.05) is 37.6 Å². The summed E-state index contributed by atoms with van der Waals surface area (Å²) in [5, 5.41) is 14.3. The van der Waals surface area contributed by atoms with Crippen LogP contribution in [0.4, 0.5) is 0 Å². The Labute approximate surface area is 108 Å². The van der Waals surface area contributed by atoms with E-state index < -0.39 is 27.1 Å². The highest BCUT2D eigenvalue weighted by Crippen LogP contribution is 2.21. The van der Waals surface area contributed by atoms with Gasteiger partial charge in [-0.15, -0.1) is 4.72 Å². The zero-order valence-corrected chi connectivity index (χ0v) is 11.6. The van der Waals surface area contributed by atoms with E-state index >= 15 is 0 Å². The van der Waals surface area contributed by atoms with Crippen molar-refractivity contribution in [1.29, 1.82) is 0 Å². The molecule has 0 spiro atoms. The van der Waals surface area contributed by atoms with Crippen molar-refractivity contribution in [2.45, 2.75) is 31.6 Å². The molecule has 1 rings (SSSR count). The van der Waals surface area contributed by atoms with E-state index in [0.717, 1.165) is 5.56 Å². The van der Waals surface area contributed by atoms with Crippen molar-refractivity contribution in [3.63, 3.8) is 0 Å². The highest BCUT2D eigenvalue weighted by molar-refractivity contribution is 7.90. The van der Waals surface area contributed by atoms with Crippen molar-refractivity contribution in [1.82, 2.24) is 4.72 Å². The fourth-order valence-corrected chi connectivity index (χ4v) is 2.68. The number of nitro groups is 1. The monoisotopic (exact) mass is 276 g/mol. The fraction of sp³-hybridized carbons (Fsp3) is 0.600. The zero-order chi connectivity index (χ0) is 13.1. The normalized spacial score (nSPS) is 15.5.